The van der Waals surface area contributed by atoms with Crippen LogP contribution in [0.4, 0.5) is 0 Å². The van der Waals surface area contributed by atoms with Gasteiger partial charge in [-0.2, -0.15) is 0 Å². The molecule has 20 heavy (non-hydrogen) atoms. The lowest BCUT2D eigenvalue weighted by molar-refractivity contribution is 0.0600. The Hall–Kier alpha value is -2.14. The lowest BCUT2D eigenvalue weighted by atomic mass is 10.0. The minimum atomic E-state index is -0.974. The van der Waals surface area contributed by atoms with Gasteiger partial charge in [-0.05, 0) is 35.4 Å². The maximum Gasteiger partial charge on any atom is 0.337 e. The van der Waals surface area contributed by atoms with E-state index in [2.05, 4.69) is 20.7 Å². The van der Waals surface area contributed by atoms with Crippen molar-refractivity contribution < 1.29 is 19.4 Å². The fraction of sp³-hybridized carbons (Fsp3) is 0.0667. The van der Waals surface area contributed by atoms with Crippen LogP contribution in [0.2, 0.25) is 0 Å². The minimum Gasteiger partial charge on any atom is -0.478 e. The summed E-state index contributed by atoms with van der Waals surface area (Å²) in [6.45, 7) is 0. The van der Waals surface area contributed by atoms with Gasteiger partial charge >= 0.3 is 11.9 Å². The van der Waals surface area contributed by atoms with Gasteiger partial charge in [-0.25, -0.2) is 9.59 Å². The van der Waals surface area contributed by atoms with E-state index in [1.54, 1.807) is 36.4 Å². The first-order valence-electron chi connectivity index (χ1n) is 5.74. The van der Waals surface area contributed by atoms with Gasteiger partial charge in [-0.15, -0.1) is 0 Å². The van der Waals surface area contributed by atoms with Crippen LogP contribution in [-0.2, 0) is 4.74 Å². The molecule has 4 nitrogen and oxygen atoms in total. The number of ether oxygens (including phenoxy) is 1. The lowest BCUT2D eigenvalue weighted by Gasteiger charge is -2.07. The third-order valence-corrected chi connectivity index (χ3v) is 3.49. The van der Waals surface area contributed by atoms with E-state index in [1.807, 2.05) is 0 Å². The summed E-state index contributed by atoms with van der Waals surface area (Å²) in [6.07, 6.45) is 0. The third-order valence-electron chi connectivity index (χ3n) is 2.83. The van der Waals surface area contributed by atoms with E-state index in [0.29, 0.717) is 10.0 Å². The highest BCUT2D eigenvalue weighted by Crippen LogP contribution is 2.29. The second kappa shape index (κ2) is 5.88. The van der Waals surface area contributed by atoms with Crippen molar-refractivity contribution in [1.29, 1.82) is 0 Å². The van der Waals surface area contributed by atoms with Gasteiger partial charge in [0.2, 0.25) is 0 Å². The average Bonchev–Trinajstić information content (AvgIpc) is 2.46. The molecule has 0 fully saturated rings. The number of aromatic carboxylic acids is 1. The molecule has 0 aromatic heterocycles. The van der Waals surface area contributed by atoms with Gasteiger partial charge < -0.3 is 9.84 Å². The van der Waals surface area contributed by atoms with Crippen molar-refractivity contribution in [3.63, 3.8) is 0 Å². The Morgan fingerprint density at radius 1 is 1.05 bits per heavy atom. The summed E-state index contributed by atoms with van der Waals surface area (Å²) in [7, 11) is 1.33. The Morgan fingerprint density at radius 3 is 2.15 bits per heavy atom. The van der Waals surface area contributed by atoms with Crippen LogP contribution in [0.15, 0.2) is 46.9 Å². The number of carboxylic acid groups (broad SMARTS) is 1. The maximum atomic E-state index is 11.4. The first kappa shape index (κ1) is 14.3. The zero-order chi connectivity index (χ0) is 14.7. The molecule has 0 unspecified atom stereocenters. The van der Waals surface area contributed by atoms with E-state index in [4.69, 9.17) is 5.11 Å². The number of rotatable bonds is 3. The molecule has 0 saturated heterocycles. The van der Waals surface area contributed by atoms with E-state index in [9.17, 15) is 9.59 Å². The van der Waals surface area contributed by atoms with E-state index in [-0.39, 0.29) is 5.56 Å². The first-order chi connectivity index (χ1) is 9.52. The van der Waals surface area contributed by atoms with Crippen molar-refractivity contribution in [3.8, 4) is 11.1 Å². The summed E-state index contributed by atoms with van der Waals surface area (Å²) in [4.78, 5) is 22.2. The maximum absolute atomic E-state index is 11.4. The topological polar surface area (TPSA) is 63.6 Å². The monoisotopic (exact) mass is 334 g/mol. The van der Waals surface area contributed by atoms with Crippen molar-refractivity contribution in [2.45, 2.75) is 0 Å². The summed E-state index contributed by atoms with van der Waals surface area (Å²) < 4.78 is 5.32. The number of carboxylic acids is 1. The summed E-state index contributed by atoms with van der Waals surface area (Å²) in [6, 6.07) is 11.7. The molecule has 0 saturated carbocycles. The zero-order valence-corrected chi connectivity index (χ0v) is 12.2. The number of hydrogen-bond donors (Lipinski definition) is 1. The van der Waals surface area contributed by atoms with Crippen LogP contribution in [0.5, 0.6) is 0 Å². The van der Waals surface area contributed by atoms with Gasteiger partial charge in [0.05, 0.1) is 18.2 Å². The minimum absolute atomic E-state index is 0.215. The smallest absolute Gasteiger partial charge is 0.337 e. The van der Waals surface area contributed by atoms with Crippen LogP contribution in [0.1, 0.15) is 20.7 Å². The van der Waals surface area contributed by atoms with E-state index >= 15 is 0 Å². The van der Waals surface area contributed by atoms with E-state index in [0.717, 1.165) is 11.1 Å². The molecule has 2 rings (SSSR count). The Labute approximate surface area is 124 Å². The summed E-state index contributed by atoms with van der Waals surface area (Å²) in [5.41, 5.74) is 2.41. The van der Waals surface area contributed by atoms with Crippen molar-refractivity contribution in [1.82, 2.24) is 0 Å². The van der Waals surface area contributed by atoms with E-state index in [1.165, 1.54) is 13.2 Å². The number of methoxy groups -OCH3 is 1. The van der Waals surface area contributed by atoms with Crippen molar-refractivity contribution >= 4 is 27.9 Å². The van der Waals surface area contributed by atoms with Gasteiger partial charge in [-0.3, -0.25) is 0 Å². The number of hydrogen-bond acceptors (Lipinski definition) is 3. The molecule has 0 aliphatic heterocycles. The molecule has 0 radical (unpaired) electrons. The normalized spacial score (nSPS) is 10.1. The van der Waals surface area contributed by atoms with Crippen LogP contribution < -0.4 is 0 Å². The van der Waals surface area contributed by atoms with E-state index < -0.39 is 11.9 Å². The summed E-state index contributed by atoms with van der Waals surface area (Å²) >= 11 is 3.36. The van der Waals surface area contributed by atoms with Gasteiger partial charge in [0.1, 0.15) is 0 Å². The summed E-state index contributed by atoms with van der Waals surface area (Å²) in [5, 5.41) is 8.92. The molecule has 0 aliphatic rings. The Bertz CT molecular complexity index is 662. The molecule has 2 aromatic carbocycles. The molecule has 5 heteroatoms. The van der Waals surface area contributed by atoms with Crippen LogP contribution >= 0.6 is 15.9 Å². The standard InChI is InChI=1S/C15H11BrO4/c1-20-15(19)10-4-2-9(3-5-10)12-7-6-11(14(17)18)8-13(12)16/h2-8H,1H3,(H,17,18). The molecule has 2 aromatic rings. The number of carbonyl (C=O) groups excluding carboxylic acids is 1. The largest absolute Gasteiger partial charge is 0.478 e. The van der Waals surface area contributed by atoms with Crippen LogP contribution in [-0.4, -0.2) is 24.2 Å². The summed E-state index contributed by atoms with van der Waals surface area (Å²) in [5.74, 6) is -1.37. The molecule has 0 bridgehead atoms. The highest BCUT2D eigenvalue weighted by Gasteiger charge is 2.10. The molecule has 0 spiro atoms. The highest BCUT2D eigenvalue weighted by atomic mass is 79.9. The SMILES string of the molecule is COC(=O)c1ccc(-c2ccc(C(=O)O)cc2Br)cc1. The molecular formula is C15H11BrO4. The molecule has 0 amide bonds. The van der Waals surface area contributed by atoms with Gasteiger partial charge in [-0.1, -0.05) is 34.1 Å². The third kappa shape index (κ3) is 2.88. The number of benzene rings is 2. The Kier molecular flexibility index (Phi) is 4.20. The second-order valence-electron chi connectivity index (χ2n) is 4.07. The van der Waals surface area contributed by atoms with Crippen LogP contribution in [0.3, 0.4) is 0 Å². The number of esters is 1. The fourth-order valence-electron chi connectivity index (χ4n) is 1.79. The number of carbonyl (C=O) groups is 2. The van der Waals surface area contributed by atoms with Gasteiger partial charge in [0.25, 0.3) is 0 Å². The van der Waals surface area contributed by atoms with Crippen molar-refractivity contribution in [2.75, 3.05) is 7.11 Å². The lowest BCUT2D eigenvalue weighted by Crippen LogP contribution is -2.00. The molecular weight excluding hydrogens is 324 g/mol. The predicted molar refractivity (Wildman–Crippen MR) is 77.9 cm³/mol. The average molecular weight is 335 g/mol. The number of halogens is 1. The quantitative estimate of drug-likeness (QED) is 0.871. The molecule has 0 atom stereocenters. The van der Waals surface area contributed by atoms with Crippen LogP contribution in [0, 0.1) is 0 Å². The second-order valence-corrected chi connectivity index (χ2v) is 4.92. The first-order valence-corrected chi connectivity index (χ1v) is 6.54. The van der Waals surface area contributed by atoms with Gasteiger partial charge in [0, 0.05) is 4.47 Å². The van der Waals surface area contributed by atoms with Crippen molar-refractivity contribution in [2.24, 2.45) is 0 Å². The Balaban J connectivity index is 2.37. The molecule has 0 aliphatic carbocycles. The van der Waals surface area contributed by atoms with Crippen molar-refractivity contribution in [3.05, 3.63) is 58.1 Å². The molecule has 1 N–H and O–H groups in total. The molecule has 102 valence electrons. The Morgan fingerprint density at radius 2 is 1.65 bits per heavy atom. The molecule has 0 heterocycles. The fourth-order valence-corrected chi connectivity index (χ4v) is 2.39. The van der Waals surface area contributed by atoms with Crippen LogP contribution in [0.25, 0.3) is 11.1 Å². The van der Waals surface area contributed by atoms with Gasteiger partial charge in [0.15, 0.2) is 0 Å². The predicted octanol–water partition coefficient (Wildman–Crippen LogP) is 3.60. The highest BCUT2D eigenvalue weighted by molar-refractivity contribution is 9.10. The zero-order valence-electron chi connectivity index (χ0n) is 10.6.